The van der Waals surface area contributed by atoms with Crippen LogP contribution in [0, 0.1) is 5.92 Å². The lowest BCUT2D eigenvalue weighted by Gasteiger charge is -2.42. The molecule has 1 fully saturated rings. The molecule has 0 radical (unpaired) electrons. The van der Waals surface area contributed by atoms with Crippen molar-refractivity contribution in [1.29, 1.82) is 0 Å². The van der Waals surface area contributed by atoms with Gasteiger partial charge in [-0.1, -0.05) is 55.5 Å². The molecule has 0 aliphatic carbocycles. The normalized spacial score (nSPS) is 21.0. The number of halogens is 2. The molecule has 4 heterocycles. The first-order valence-corrected chi connectivity index (χ1v) is 26.1. The second-order valence-electron chi connectivity index (χ2n) is 19.7. The molecule has 7 atom stereocenters. The number of rotatable bonds is 13. The van der Waals surface area contributed by atoms with Crippen molar-refractivity contribution < 1.29 is 66.7 Å². The minimum absolute atomic E-state index is 0.143. The van der Waals surface area contributed by atoms with Crippen molar-refractivity contribution in [2.75, 3.05) is 68.9 Å². The van der Waals surface area contributed by atoms with E-state index in [-0.39, 0.29) is 76.9 Å². The maximum Gasteiger partial charge on any atom is 0.415 e. The van der Waals surface area contributed by atoms with Crippen LogP contribution in [-0.4, -0.2) is 141 Å². The maximum atomic E-state index is 14.8. The summed E-state index contributed by atoms with van der Waals surface area (Å²) in [6.07, 6.45) is -6.52. The van der Waals surface area contributed by atoms with Crippen molar-refractivity contribution in [1.82, 2.24) is 9.80 Å². The molecule has 1 aromatic heterocycles. The number of carbonyl (C=O) groups excluding carboxylic acids is 7. The van der Waals surface area contributed by atoms with E-state index in [1.54, 1.807) is 75.9 Å². The number of thiophene rings is 1. The Morgan fingerprint density at radius 2 is 1.16 bits per heavy atom. The number of hydrogen-bond acceptors (Lipinski definition) is 15. The van der Waals surface area contributed by atoms with Crippen molar-refractivity contribution >= 4 is 109 Å². The standard InChI is InChI=1S/C54H58Cl2N4O14S/c1-28-45(69-29(2)61)46(70-30(3)62)47(50(65)68-9)73-51(28)71-39-22-37-43(35-16-12-10-14-33(35)39)31(24-55)26-59(37)48(63)41-18-19-42(75-41)49(64)60-27-32(25-56)44-36-17-13-11-15-34(36)40(23-38(44)60)72-52(66)57(7)20-21-58(8)53(67)74-54(4,5)6/h10-19,22-23,28,31-32,45-47,51H,20-21,24-27H2,1-9H3/t28-,31-,32-,45-,46+,47?,51-/m1/s1. The number of anilines is 2. The molecular formula is C54H58Cl2N4O14S. The van der Waals surface area contributed by atoms with Crippen molar-refractivity contribution in [3.05, 3.63) is 93.7 Å². The number of nitrogens with zero attached hydrogens (tertiary/aromatic N) is 4. The topological polar surface area (TPSA) is 197 Å². The van der Waals surface area contributed by atoms with Gasteiger partial charge in [-0.25, -0.2) is 14.4 Å². The van der Waals surface area contributed by atoms with Crippen molar-refractivity contribution in [3.63, 3.8) is 0 Å². The van der Waals surface area contributed by atoms with E-state index in [1.165, 1.54) is 16.7 Å². The highest BCUT2D eigenvalue weighted by Crippen LogP contribution is 2.49. The van der Waals surface area contributed by atoms with E-state index >= 15 is 0 Å². The van der Waals surface area contributed by atoms with Gasteiger partial charge < -0.3 is 52.8 Å². The summed E-state index contributed by atoms with van der Waals surface area (Å²) >= 11 is 14.3. The predicted octanol–water partition coefficient (Wildman–Crippen LogP) is 9.09. The lowest BCUT2D eigenvalue weighted by molar-refractivity contribution is -0.261. The van der Waals surface area contributed by atoms with E-state index in [0.29, 0.717) is 22.1 Å². The van der Waals surface area contributed by atoms with Crippen LogP contribution in [0.3, 0.4) is 0 Å². The molecule has 0 saturated carbocycles. The smallest absolute Gasteiger partial charge is 0.415 e. The fourth-order valence-electron chi connectivity index (χ4n) is 9.70. The fourth-order valence-corrected chi connectivity index (χ4v) is 11.1. The van der Waals surface area contributed by atoms with Crippen LogP contribution >= 0.6 is 34.5 Å². The van der Waals surface area contributed by atoms with Crippen LogP contribution in [0.4, 0.5) is 21.0 Å². The third kappa shape index (κ3) is 11.2. The summed E-state index contributed by atoms with van der Waals surface area (Å²) in [4.78, 5) is 99.9. The third-order valence-electron chi connectivity index (χ3n) is 13.3. The van der Waals surface area contributed by atoms with E-state index < -0.39 is 72.1 Å². The summed E-state index contributed by atoms with van der Waals surface area (Å²) in [6, 6.07) is 21.4. The van der Waals surface area contributed by atoms with Gasteiger partial charge in [0.15, 0.2) is 18.3 Å². The quantitative estimate of drug-likeness (QED) is 0.0615. The number of esters is 3. The molecule has 4 amide bonds. The van der Waals surface area contributed by atoms with E-state index in [1.807, 2.05) is 48.5 Å². The first kappa shape index (κ1) is 54.6. The van der Waals surface area contributed by atoms with Crippen LogP contribution < -0.4 is 19.3 Å². The fraction of sp³-hybridized carbons (Fsp3) is 0.426. The highest BCUT2D eigenvalue weighted by molar-refractivity contribution is 7.16. The molecule has 5 aromatic rings. The summed E-state index contributed by atoms with van der Waals surface area (Å²) < 4.78 is 40.4. The molecule has 1 unspecified atom stereocenters. The van der Waals surface area contributed by atoms with Gasteiger partial charge in [-0.05, 0) is 54.8 Å². The monoisotopic (exact) mass is 1090 g/mol. The Morgan fingerprint density at radius 1 is 0.693 bits per heavy atom. The highest BCUT2D eigenvalue weighted by Gasteiger charge is 2.52. The Bertz CT molecular complexity index is 3070. The van der Waals surface area contributed by atoms with E-state index in [9.17, 15) is 33.6 Å². The number of methoxy groups -OCH3 is 1. The largest absolute Gasteiger partial charge is 0.467 e. The van der Waals surface area contributed by atoms with Gasteiger partial charge >= 0.3 is 30.1 Å². The van der Waals surface area contributed by atoms with Gasteiger partial charge in [0.25, 0.3) is 11.8 Å². The number of benzene rings is 4. The highest BCUT2D eigenvalue weighted by atomic mass is 35.5. The van der Waals surface area contributed by atoms with Gasteiger partial charge in [-0.2, -0.15) is 0 Å². The molecule has 3 aliphatic heterocycles. The first-order valence-electron chi connectivity index (χ1n) is 24.2. The molecule has 8 rings (SSSR count). The maximum absolute atomic E-state index is 14.8. The molecule has 3 aliphatic rings. The zero-order valence-electron chi connectivity index (χ0n) is 42.9. The molecule has 21 heteroatoms. The van der Waals surface area contributed by atoms with Gasteiger partial charge in [-0.3, -0.25) is 19.2 Å². The zero-order valence-corrected chi connectivity index (χ0v) is 45.2. The molecule has 1 saturated heterocycles. The van der Waals surface area contributed by atoms with Crippen LogP contribution in [-0.2, 0) is 38.1 Å². The zero-order chi connectivity index (χ0) is 54.2. The summed E-state index contributed by atoms with van der Waals surface area (Å²) in [5.41, 5.74) is 1.94. The first-order chi connectivity index (χ1) is 35.6. The predicted molar refractivity (Wildman–Crippen MR) is 282 cm³/mol. The van der Waals surface area contributed by atoms with E-state index in [0.717, 1.165) is 47.3 Å². The Morgan fingerprint density at radius 3 is 1.64 bits per heavy atom. The lowest BCUT2D eigenvalue weighted by atomic mass is 9.91. The number of likely N-dealkylation sites (N-methyl/N-ethyl adjacent to an activating group) is 2. The second kappa shape index (κ2) is 22.3. The third-order valence-corrected chi connectivity index (χ3v) is 15.1. The summed E-state index contributed by atoms with van der Waals surface area (Å²) in [7, 11) is 4.29. The molecule has 75 heavy (non-hydrogen) atoms. The van der Waals surface area contributed by atoms with Crippen LogP contribution in [0.1, 0.15) is 83.8 Å². The van der Waals surface area contributed by atoms with Gasteiger partial charge in [0, 0.05) is 101 Å². The summed E-state index contributed by atoms with van der Waals surface area (Å²) in [5.74, 6) is -3.63. The van der Waals surface area contributed by atoms with Crippen LogP contribution in [0.2, 0.25) is 0 Å². The summed E-state index contributed by atoms with van der Waals surface area (Å²) in [5, 5.41) is 2.79. The Labute approximate surface area is 447 Å². The van der Waals surface area contributed by atoms with Crippen LogP contribution in [0.15, 0.2) is 72.8 Å². The number of carbonyl (C=O) groups is 7. The number of hydrogen-bond donors (Lipinski definition) is 0. The second-order valence-corrected chi connectivity index (χ2v) is 21.4. The Hall–Kier alpha value is -6.67. The SMILES string of the molecule is COC(=O)C1O[C@@H](Oc2cc3c(c4ccccc24)[C@H](CCl)CN3C(=O)c2ccc(C(=O)N3C[C@@H](CCl)c4c3cc(OC(=O)N(C)CCN(C)C(=O)OC(C)(C)C)c3ccccc43)s2)[C@H](C)[C@@H](OC(C)=O)[C@@H]1OC(C)=O. The van der Waals surface area contributed by atoms with E-state index in [4.69, 9.17) is 56.4 Å². The molecule has 0 bridgehead atoms. The van der Waals surface area contributed by atoms with Gasteiger partial charge in [0.05, 0.1) is 34.2 Å². The molecule has 4 aromatic carbocycles. The molecule has 0 spiro atoms. The number of fused-ring (bicyclic) bond motifs is 6. The van der Waals surface area contributed by atoms with Crippen LogP contribution in [0.5, 0.6) is 11.5 Å². The van der Waals surface area contributed by atoms with Crippen molar-refractivity contribution in [2.45, 2.75) is 83.6 Å². The minimum atomic E-state index is -1.53. The van der Waals surface area contributed by atoms with Crippen LogP contribution in [0.25, 0.3) is 21.5 Å². The minimum Gasteiger partial charge on any atom is -0.467 e. The Balaban J connectivity index is 1.07. The number of alkyl halides is 2. The van der Waals surface area contributed by atoms with Gasteiger partial charge in [0.1, 0.15) is 17.1 Å². The van der Waals surface area contributed by atoms with E-state index in [2.05, 4.69) is 0 Å². The Kier molecular flexibility index (Phi) is 16.2. The van der Waals surface area contributed by atoms with Crippen molar-refractivity contribution in [2.24, 2.45) is 5.92 Å². The molecule has 398 valence electrons. The van der Waals surface area contributed by atoms with Gasteiger partial charge in [0.2, 0.25) is 6.29 Å². The van der Waals surface area contributed by atoms with Crippen molar-refractivity contribution in [3.8, 4) is 11.5 Å². The molecule has 18 nitrogen and oxygen atoms in total. The number of ether oxygens (including phenoxy) is 7. The van der Waals surface area contributed by atoms with Gasteiger partial charge in [-0.15, -0.1) is 34.5 Å². The molecule has 0 N–H and O–H groups in total. The summed E-state index contributed by atoms with van der Waals surface area (Å²) in [6.45, 7) is 10.1. The average molecular weight is 1090 g/mol. The lowest BCUT2D eigenvalue weighted by Crippen LogP contribution is -2.60. The molecular weight excluding hydrogens is 1030 g/mol. The number of amides is 4. The average Bonchev–Trinajstić information content (AvgIpc) is 4.12.